The van der Waals surface area contributed by atoms with Crippen molar-refractivity contribution in [3.8, 4) is 22.9 Å². The number of anilines is 1. The van der Waals surface area contributed by atoms with E-state index in [1.54, 1.807) is 28.8 Å². The van der Waals surface area contributed by atoms with Gasteiger partial charge in [0.05, 0.1) is 19.4 Å². The van der Waals surface area contributed by atoms with Gasteiger partial charge in [0.1, 0.15) is 23.6 Å². The second kappa shape index (κ2) is 10.5. The number of piperazine rings is 1. The van der Waals surface area contributed by atoms with Crippen molar-refractivity contribution in [2.45, 2.75) is 6.92 Å². The highest BCUT2D eigenvalue weighted by Crippen LogP contribution is 2.24. The molecule has 36 heavy (non-hydrogen) atoms. The summed E-state index contributed by atoms with van der Waals surface area (Å²) in [6, 6.07) is 14.8. The molecule has 1 saturated heterocycles. The lowest BCUT2D eigenvalue weighted by Crippen LogP contribution is -2.50. The lowest BCUT2D eigenvalue weighted by atomic mass is 10.3. The standard InChI is InChI=1S/C25H27N7O4/c1-3-35-20-8-10-21(11-9-20)36-16-22(33)30-12-14-31(15-13-30)24-23-25(27-17-26-24)32(29-28-23)18-4-6-19(34-2)7-5-18/h4-11,17H,3,12-16H2,1-2H3. The highest BCUT2D eigenvalue weighted by Gasteiger charge is 2.25. The van der Waals surface area contributed by atoms with Crippen LogP contribution < -0.4 is 19.1 Å². The van der Waals surface area contributed by atoms with Crippen molar-refractivity contribution < 1.29 is 19.0 Å². The highest BCUT2D eigenvalue weighted by molar-refractivity contribution is 5.84. The second-order valence-corrected chi connectivity index (χ2v) is 8.13. The van der Waals surface area contributed by atoms with Gasteiger partial charge in [-0.25, -0.2) is 9.97 Å². The second-order valence-electron chi connectivity index (χ2n) is 8.13. The van der Waals surface area contributed by atoms with Gasteiger partial charge in [-0.2, -0.15) is 4.68 Å². The molecular weight excluding hydrogens is 462 g/mol. The molecule has 0 N–H and O–H groups in total. The van der Waals surface area contributed by atoms with Crippen molar-refractivity contribution in [1.29, 1.82) is 0 Å². The smallest absolute Gasteiger partial charge is 0.260 e. The van der Waals surface area contributed by atoms with Crippen LogP contribution in [0.2, 0.25) is 0 Å². The van der Waals surface area contributed by atoms with Gasteiger partial charge in [-0.3, -0.25) is 4.79 Å². The Kier molecular flexibility index (Phi) is 6.78. The van der Waals surface area contributed by atoms with Crippen LogP contribution in [-0.4, -0.2) is 82.3 Å². The van der Waals surface area contributed by atoms with E-state index in [9.17, 15) is 4.79 Å². The number of benzene rings is 2. The van der Waals surface area contributed by atoms with Gasteiger partial charge >= 0.3 is 0 Å². The van der Waals surface area contributed by atoms with Crippen LogP contribution in [0.5, 0.6) is 17.2 Å². The molecule has 0 saturated carbocycles. The van der Waals surface area contributed by atoms with E-state index in [0.717, 1.165) is 17.2 Å². The largest absolute Gasteiger partial charge is 0.497 e. The minimum absolute atomic E-state index is 0.0120. The number of aromatic nitrogens is 5. The third-order valence-electron chi connectivity index (χ3n) is 5.96. The van der Waals surface area contributed by atoms with Crippen molar-refractivity contribution in [2.24, 2.45) is 0 Å². The van der Waals surface area contributed by atoms with E-state index in [1.165, 1.54) is 6.33 Å². The molecule has 186 valence electrons. The Morgan fingerprint density at radius 3 is 2.22 bits per heavy atom. The average Bonchev–Trinajstić information content (AvgIpc) is 3.37. The van der Waals surface area contributed by atoms with Crippen LogP contribution in [0.1, 0.15) is 6.92 Å². The molecule has 0 bridgehead atoms. The van der Waals surface area contributed by atoms with Crippen molar-refractivity contribution >= 4 is 22.9 Å². The van der Waals surface area contributed by atoms with Crippen LogP contribution >= 0.6 is 0 Å². The molecule has 0 unspecified atom stereocenters. The number of nitrogens with zero attached hydrogens (tertiary/aromatic N) is 7. The topological polar surface area (TPSA) is 108 Å². The van der Waals surface area contributed by atoms with Crippen molar-refractivity contribution in [2.75, 3.05) is 51.4 Å². The van der Waals surface area contributed by atoms with Crippen LogP contribution in [0.15, 0.2) is 54.9 Å². The summed E-state index contributed by atoms with van der Waals surface area (Å²) in [6.45, 7) is 4.89. The number of fused-ring (bicyclic) bond motifs is 1. The molecular formula is C25H27N7O4. The SMILES string of the molecule is CCOc1ccc(OCC(=O)N2CCN(c3ncnc4c3nnn4-c3ccc(OC)cc3)CC2)cc1. The Hall–Kier alpha value is -4.41. The van der Waals surface area contributed by atoms with Crippen LogP contribution in [0.25, 0.3) is 16.9 Å². The monoisotopic (exact) mass is 489 g/mol. The maximum atomic E-state index is 12.7. The van der Waals surface area contributed by atoms with Gasteiger partial charge in [0, 0.05) is 26.2 Å². The predicted molar refractivity (Wildman–Crippen MR) is 133 cm³/mol. The zero-order chi connectivity index (χ0) is 24.9. The molecule has 1 fully saturated rings. The Balaban J connectivity index is 1.21. The van der Waals surface area contributed by atoms with Crippen LogP contribution in [0.3, 0.4) is 0 Å². The molecule has 1 aliphatic rings. The molecule has 11 heteroatoms. The van der Waals surface area contributed by atoms with Gasteiger partial charge in [0.2, 0.25) is 0 Å². The number of rotatable bonds is 8. The van der Waals surface area contributed by atoms with Gasteiger partial charge < -0.3 is 24.0 Å². The molecule has 0 atom stereocenters. The molecule has 0 spiro atoms. The molecule has 1 aliphatic heterocycles. The first-order chi connectivity index (χ1) is 17.7. The fraction of sp³-hybridized carbons (Fsp3) is 0.320. The van der Waals surface area contributed by atoms with Crippen LogP contribution in [-0.2, 0) is 4.79 Å². The molecule has 1 amide bonds. The molecule has 3 heterocycles. The minimum Gasteiger partial charge on any atom is -0.497 e. The van der Waals surface area contributed by atoms with E-state index < -0.39 is 0 Å². The van der Waals surface area contributed by atoms with Gasteiger partial charge in [0.25, 0.3) is 5.91 Å². The molecule has 11 nitrogen and oxygen atoms in total. The number of hydrogen-bond acceptors (Lipinski definition) is 9. The zero-order valence-electron chi connectivity index (χ0n) is 20.2. The summed E-state index contributed by atoms with van der Waals surface area (Å²) in [7, 11) is 1.63. The first-order valence-electron chi connectivity index (χ1n) is 11.8. The lowest BCUT2D eigenvalue weighted by Gasteiger charge is -2.35. The van der Waals surface area contributed by atoms with Crippen molar-refractivity contribution in [3.05, 3.63) is 54.9 Å². The average molecular weight is 490 g/mol. The fourth-order valence-corrected chi connectivity index (χ4v) is 4.07. The molecule has 2 aromatic carbocycles. The van der Waals surface area contributed by atoms with Crippen molar-refractivity contribution in [1.82, 2.24) is 29.9 Å². The minimum atomic E-state index is -0.0539. The first kappa shape index (κ1) is 23.3. The summed E-state index contributed by atoms with van der Waals surface area (Å²) < 4.78 is 18.0. The Bertz CT molecular complexity index is 1320. The van der Waals surface area contributed by atoms with Crippen molar-refractivity contribution in [3.63, 3.8) is 0 Å². The number of carbonyl (C=O) groups is 1. The summed E-state index contributed by atoms with van der Waals surface area (Å²) in [5.41, 5.74) is 2.06. The number of amides is 1. The van der Waals surface area contributed by atoms with Crippen LogP contribution in [0.4, 0.5) is 5.82 Å². The fourth-order valence-electron chi connectivity index (χ4n) is 4.07. The van der Waals surface area contributed by atoms with E-state index in [0.29, 0.717) is 55.5 Å². The van der Waals surface area contributed by atoms with Gasteiger partial charge in [-0.15, -0.1) is 5.10 Å². The Labute approximate surface area is 208 Å². The van der Waals surface area contributed by atoms with E-state index in [1.807, 2.05) is 43.3 Å². The number of carbonyl (C=O) groups excluding carboxylic acids is 1. The van der Waals surface area contributed by atoms with Gasteiger partial charge in [-0.05, 0) is 55.5 Å². The van der Waals surface area contributed by atoms with E-state index in [2.05, 4.69) is 25.2 Å². The Morgan fingerprint density at radius 2 is 1.56 bits per heavy atom. The van der Waals surface area contributed by atoms with Crippen LogP contribution in [0, 0.1) is 0 Å². The summed E-state index contributed by atoms with van der Waals surface area (Å²) in [5, 5.41) is 8.65. The molecule has 0 radical (unpaired) electrons. The predicted octanol–water partition coefficient (Wildman–Crippen LogP) is 2.35. The number of hydrogen-bond donors (Lipinski definition) is 0. The summed E-state index contributed by atoms with van der Waals surface area (Å²) in [6.07, 6.45) is 1.52. The Morgan fingerprint density at radius 1 is 0.889 bits per heavy atom. The molecule has 2 aromatic heterocycles. The maximum Gasteiger partial charge on any atom is 0.260 e. The maximum absolute atomic E-state index is 12.7. The number of methoxy groups -OCH3 is 1. The molecule has 0 aliphatic carbocycles. The van der Waals surface area contributed by atoms with E-state index in [4.69, 9.17) is 14.2 Å². The number of ether oxygens (including phenoxy) is 3. The summed E-state index contributed by atoms with van der Waals surface area (Å²) in [5.74, 6) is 2.82. The lowest BCUT2D eigenvalue weighted by molar-refractivity contribution is -0.133. The first-order valence-corrected chi connectivity index (χ1v) is 11.8. The highest BCUT2D eigenvalue weighted by atomic mass is 16.5. The van der Waals surface area contributed by atoms with E-state index in [-0.39, 0.29) is 12.5 Å². The molecule has 4 aromatic rings. The van der Waals surface area contributed by atoms with Gasteiger partial charge in [-0.1, -0.05) is 5.21 Å². The third kappa shape index (κ3) is 4.85. The third-order valence-corrected chi connectivity index (χ3v) is 5.96. The quantitative estimate of drug-likeness (QED) is 0.368. The normalized spacial score (nSPS) is 13.6. The molecule has 5 rings (SSSR count). The van der Waals surface area contributed by atoms with Gasteiger partial charge in [0.15, 0.2) is 23.6 Å². The summed E-state index contributed by atoms with van der Waals surface area (Å²) >= 11 is 0. The van der Waals surface area contributed by atoms with E-state index >= 15 is 0 Å². The summed E-state index contributed by atoms with van der Waals surface area (Å²) in [4.78, 5) is 25.5. The zero-order valence-corrected chi connectivity index (χ0v) is 20.2.